The van der Waals surface area contributed by atoms with Crippen molar-refractivity contribution in [3.8, 4) is 11.3 Å². The molecule has 1 amide bonds. The standard InChI is InChI=1S/C26H21FN4O/c1-2-17-8-13-23-21(14-17)26-22(15-28-23)25(18-6-4-3-5-7-18)30-31(26)16-24(32)29-20-11-9-19(27)10-12-20/h3-15H,2,16H2,1H3,(H,29,32). The summed E-state index contributed by atoms with van der Waals surface area (Å²) in [5.41, 5.74) is 5.20. The largest absolute Gasteiger partial charge is 0.324 e. The highest BCUT2D eigenvalue weighted by atomic mass is 19.1. The molecule has 0 saturated heterocycles. The van der Waals surface area contributed by atoms with E-state index in [0.717, 1.165) is 39.5 Å². The van der Waals surface area contributed by atoms with Gasteiger partial charge in [-0.05, 0) is 48.4 Å². The van der Waals surface area contributed by atoms with Gasteiger partial charge in [0.05, 0.1) is 11.0 Å². The van der Waals surface area contributed by atoms with Crippen molar-refractivity contribution < 1.29 is 9.18 Å². The lowest BCUT2D eigenvalue weighted by atomic mass is 10.0. The highest BCUT2D eigenvalue weighted by Gasteiger charge is 2.18. The van der Waals surface area contributed by atoms with Crippen LogP contribution in [0.3, 0.4) is 0 Å². The van der Waals surface area contributed by atoms with Crippen LogP contribution in [0.5, 0.6) is 0 Å². The fourth-order valence-electron chi connectivity index (χ4n) is 3.92. The lowest BCUT2D eigenvalue weighted by Gasteiger charge is -2.08. The zero-order valence-corrected chi connectivity index (χ0v) is 17.5. The van der Waals surface area contributed by atoms with Gasteiger partial charge in [0.1, 0.15) is 18.1 Å². The first kappa shape index (κ1) is 19.9. The van der Waals surface area contributed by atoms with Crippen molar-refractivity contribution in [2.24, 2.45) is 0 Å². The average Bonchev–Trinajstić information content (AvgIpc) is 3.19. The van der Waals surface area contributed by atoms with Crippen LogP contribution in [0.2, 0.25) is 0 Å². The van der Waals surface area contributed by atoms with Crippen LogP contribution in [-0.2, 0) is 17.8 Å². The molecule has 0 unspecified atom stereocenters. The molecule has 0 radical (unpaired) electrons. The lowest BCUT2D eigenvalue weighted by molar-refractivity contribution is -0.116. The summed E-state index contributed by atoms with van der Waals surface area (Å²) in [4.78, 5) is 17.5. The molecule has 0 fully saturated rings. The van der Waals surface area contributed by atoms with E-state index in [1.165, 1.54) is 29.8 Å². The van der Waals surface area contributed by atoms with Gasteiger partial charge in [-0.25, -0.2) is 4.39 Å². The van der Waals surface area contributed by atoms with Gasteiger partial charge in [0.15, 0.2) is 0 Å². The van der Waals surface area contributed by atoms with Gasteiger partial charge in [-0.15, -0.1) is 0 Å². The fraction of sp³-hybridized carbons (Fsp3) is 0.115. The van der Waals surface area contributed by atoms with E-state index < -0.39 is 0 Å². The number of benzene rings is 3. The number of anilines is 1. The molecule has 0 saturated carbocycles. The maximum absolute atomic E-state index is 13.2. The minimum atomic E-state index is -0.348. The molecular formula is C26H21FN4O. The molecule has 5 rings (SSSR count). The Balaban J connectivity index is 1.63. The van der Waals surface area contributed by atoms with Gasteiger partial charge in [0.2, 0.25) is 5.91 Å². The van der Waals surface area contributed by atoms with E-state index in [1.54, 1.807) is 4.68 Å². The molecule has 5 nitrogen and oxygen atoms in total. The van der Waals surface area contributed by atoms with Crippen molar-refractivity contribution in [1.82, 2.24) is 14.8 Å². The zero-order valence-electron chi connectivity index (χ0n) is 17.5. The summed E-state index contributed by atoms with van der Waals surface area (Å²) in [6.07, 6.45) is 2.73. The van der Waals surface area contributed by atoms with Gasteiger partial charge >= 0.3 is 0 Å². The number of carbonyl (C=O) groups excluding carboxylic acids is 1. The molecule has 0 spiro atoms. The number of carbonyl (C=O) groups is 1. The molecule has 0 aliphatic heterocycles. The van der Waals surface area contributed by atoms with E-state index in [4.69, 9.17) is 5.10 Å². The SMILES string of the molecule is CCc1ccc2ncc3c(-c4ccccc4)nn(CC(=O)Nc4ccc(F)cc4)c3c2c1. The second-order valence-corrected chi connectivity index (χ2v) is 7.65. The van der Waals surface area contributed by atoms with Crippen LogP contribution in [-0.4, -0.2) is 20.7 Å². The molecule has 2 heterocycles. The number of hydrogen-bond donors (Lipinski definition) is 1. The Morgan fingerprint density at radius 1 is 1.00 bits per heavy atom. The number of aryl methyl sites for hydroxylation is 1. The predicted octanol–water partition coefficient (Wildman–Crippen LogP) is 5.59. The summed E-state index contributed by atoms with van der Waals surface area (Å²) in [6.45, 7) is 2.13. The highest BCUT2D eigenvalue weighted by molar-refractivity contribution is 6.08. The maximum Gasteiger partial charge on any atom is 0.246 e. The van der Waals surface area contributed by atoms with Gasteiger partial charge in [-0.2, -0.15) is 5.10 Å². The van der Waals surface area contributed by atoms with E-state index in [0.29, 0.717) is 5.69 Å². The summed E-state index contributed by atoms with van der Waals surface area (Å²) in [6, 6.07) is 21.8. The summed E-state index contributed by atoms with van der Waals surface area (Å²) >= 11 is 0. The Labute approximate surface area is 184 Å². The number of nitrogens with zero attached hydrogens (tertiary/aromatic N) is 3. The van der Waals surface area contributed by atoms with Crippen molar-refractivity contribution in [3.05, 3.63) is 90.4 Å². The van der Waals surface area contributed by atoms with E-state index in [2.05, 4.69) is 29.4 Å². The second kappa shape index (κ2) is 8.23. The van der Waals surface area contributed by atoms with Gasteiger partial charge < -0.3 is 5.32 Å². The third-order valence-corrected chi connectivity index (χ3v) is 5.51. The van der Waals surface area contributed by atoms with Gasteiger partial charge in [-0.3, -0.25) is 14.5 Å². The highest BCUT2D eigenvalue weighted by Crippen LogP contribution is 2.32. The summed E-state index contributed by atoms with van der Waals surface area (Å²) < 4.78 is 14.9. The van der Waals surface area contributed by atoms with Crippen LogP contribution in [0.15, 0.2) is 79.0 Å². The first-order chi connectivity index (χ1) is 15.6. The van der Waals surface area contributed by atoms with Crippen molar-refractivity contribution in [2.45, 2.75) is 19.9 Å². The molecule has 5 aromatic rings. The van der Waals surface area contributed by atoms with Gasteiger partial charge in [-0.1, -0.05) is 43.3 Å². The minimum Gasteiger partial charge on any atom is -0.324 e. The number of amides is 1. The fourth-order valence-corrected chi connectivity index (χ4v) is 3.92. The molecule has 0 aliphatic rings. The van der Waals surface area contributed by atoms with Crippen molar-refractivity contribution in [3.63, 3.8) is 0 Å². The predicted molar refractivity (Wildman–Crippen MR) is 125 cm³/mol. The molecule has 2 aromatic heterocycles. The van der Waals surface area contributed by atoms with Crippen LogP contribution in [0.1, 0.15) is 12.5 Å². The van der Waals surface area contributed by atoms with Crippen molar-refractivity contribution >= 4 is 33.4 Å². The monoisotopic (exact) mass is 424 g/mol. The number of fused-ring (bicyclic) bond motifs is 3. The molecule has 3 aromatic carbocycles. The van der Waals surface area contributed by atoms with Crippen LogP contribution >= 0.6 is 0 Å². The second-order valence-electron chi connectivity index (χ2n) is 7.65. The third kappa shape index (κ3) is 3.71. The van der Waals surface area contributed by atoms with E-state index in [-0.39, 0.29) is 18.3 Å². The number of rotatable bonds is 5. The van der Waals surface area contributed by atoms with Gasteiger partial charge in [0.25, 0.3) is 0 Å². The zero-order chi connectivity index (χ0) is 22.1. The molecule has 158 valence electrons. The average molecular weight is 424 g/mol. The number of halogens is 1. The van der Waals surface area contributed by atoms with Crippen LogP contribution in [0, 0.1) is 5.82 Å². The first-order valence-electron chi connectivity index (χ1n) is 10.5. The molecule has 0 atom stereocenters. The normalized spacial score (nSPS) is 11.2. The Morgan fingerprint density at radius 3 is 2.53 bits per heavy atom. The van der Waals surface area contributed by atoms with Gasteiger partial charge in [0, 0.05) is 28.2 Å². The Bertz CT molecular complexity index is 1430. The van der Waals surface area contributed by atoms with Crippen LogP contribution < -0.4 is 5.32 Å². The summed E-state index contributed by atoms with van der Waals surface area (Å²) in [5, 5.41) is 9.50. The topological polar surface area (TPSA) is 59.8 Å². The molecule has 1 N–H and O–H groups in total. The molecular weight excluding hydrogens is 403 g/mol. The Hall–Kier alpha value is -4.06. The third-order valence-electron chi connectivity index (χ3n) is 5.51. The van der Waals surface area contributed by atoms with Crippen molar-refractivity contribution in [1.29, 1.82) is 0 Å². The number of nitrogens with one attached hydrogen (secondary N) is 1. The quantitative estimate of drug-likeness (QED) is 0.400. The molecule has 32 heavy (non-hydrogen) atoms. The lowest BCUT2D eigenvalue weighted by Crippen LogP contribution is -2.19. The van der Waals surface area contributed by atoms with Crippen molar-refractivity contribution in [2.75, 3.05) is 5.32 Å². The minimum absolute atomic E-state index is 0.0240. The summed E-state index contributed by atoms with van der Waals surface area (Å²) in [5.74, 6) is -0.587. The maximum atomic E-state index is 13.2. The van der Waals surface area contributed by atoms with E-state index >= 15 is 0 Å². The molecule has 0 aliphatic carbocycles. The Morgan fingerprint density at radius 2 is 1.78 bits per heavy atom. The van der Waals surface area contributed by atoms with E-state index in [9.17, 15) is 9.18 Å². The smallest absolute Gasteiger partial charge is 0.246 e. The number of aromatic nitrogens is 3. The molecule has 0 bridgehead atoms. The van der Waals surface area contributed by atoms with Crippen LogP contribution in [0.25, 0.3) is 33.1 Å². The number of hydrogen-bond acceptors (Lipinski definition) is 3. The van der Waals surface area contributed by atoms with E-state index in [1.807, 2.05) is 42.6 Å². The summed E-state index contributed by atoms with van der Waals surface area (Å²) in [7, 11) is 0. The number of pyridine rings is 1. The molecule has 6 heteroatoms. The Kier molecular flexibility index (Phi) is 5.11. The van der Waals surface area contributed by atoms with Crippen LogP contribution in [0.4, 0.5) is 10.1 Å². The first-order valence-corrected chi connectivity index (χ1v) is 10.5.